The molecule has 0 aliphatic rings. The summed E-state index contributed by atoms with van der Waals surface area (Å²) in [6.07, 6.45) is 0. The Bertz CT molecular complexity index is 816. The van der Waals surface area contributed by atoms with E-state index in [2.05, 4.69) is 10.6 Å². The molecule has 26 heavy (non-hydrogen) atoms. The van der Waals surface area contributed by atoms with E-state index in [-0.39, 0.29) is 17.0 Å². The Balaban J connectivity index is 2.11. The SMILES string of the molecule is Cc1cc(C)c(NC(=O)[C@@H](C)N[C@@H](C)c2cc(F)c(Cl)cc2Cl)c(C)c1. The summed E-state index contributed by atoms with van der Waals surface area (Å²) in [6, 6.07) is 5.89. The minimum atomic E-state index is -0.539. The number of benzene rings is 2. The average molecular weight is 397 g/mol. The van der Waals surface area contributed by atoms with Crippen molar-refractivity contribution >= 4 is 34.8 Å². The molecular weight excluding hydrogens is 374 g/mol. The van der Waals surface area contributed by atoms with E-state index in [1.54, 1.807) is 6.92 Å². The molecule has 6 heteroatoms. The first-order chi connectivity index (χ1) is 12.1. The first-order valence-corrected chi connectivity index (χ1v) is 9.15. The Labute approximate surface area is 163 Å². The molecule has 0 bridgehead atoms. The van der Waals surface area contributed by atoms with E-state index in [9.17, 15) is 9.18 Å². The van der Waals surface area contributed by atoms with Gasteiger partial charge >= 0.3 is 0 Å². The molecule has 2 aromatic rings. The zero-order chi connectivity index (χ0) is 19.6. The highest BCUT2D eigenvalue weighted by Crippen LogP contribution is 2.29. The summed E-state index contributed by atoms with van der Waals surface area (Å²) < 4.78 is 13.7. The van der Waals surface area contributed by atoms with Gasteiger partial charge in [0.2, 0.25) is 5.91 Å². The summed E-state index contributed by atoms with van der Waals surface area (Å²) in [6.45, 7) is 9.53. The second-order valence-electron chi connectivity index (χ2n) is 6.66. The molecule has 2 N–H and O–H groups in total. The number of aryl methyl sites for hydroxylation is 3. The van der Waals surface area contributed by atoms with E-state index in [0.29, 0.717) is 10.6 Å². The van der Waals surface area contributed by atoms with Crippen LogP contribution >= 0.6 is 23.2 Å². The van der Waals surface area contributed by atoms with Crippen LogP contribution in [0.2, 0.25) is 10.0 Å². The van der Waals surface area contributed by atoms with Gasteiger partial charge in [-0.15, -0.1) is 0 Å². The minimum Gasteiger partial charge on any atom is -0.324 e. The Kier molecular flexibility index (Phi) is 6.67. The molecule has 2 atom stereocenters. The van der Waals surface area contributed by atoms with Crippen molar-refractivity contribution in [3.63, 3.8) is 0 Å². The first kappa shape index (κ1) is 20.7. The number of amides is 1. The minimum absolute atomic E-state index is 0.0259. The standard InChI is InChI=1S/C20H23Cl2FN2O/c1-10-6-11(2)19(12(3)7-10)25-20(26)14(5)24-13(4)15-8-18(23)17(22)9-16(15)21/h6-9,13-14,24H,1-5H3,(H,25,26)/t13-,14+/m0/s1. The molecule has 0 spiro atoms. The van der Waals surface area contributed by atoms with Gasteiger partial charge in [0, 0.05) is 16.8 Å². The van der Waals surface area contributed by atoms with Gasteiger partial charge in [-0.1, -0.05) is 40.9 Å². The number of hydrogen-bond donors (Lipinski definition) is 2. The monoisotopic (exact) mass is 396 g/mol. The summed E-state index contributed by atoms with van der Waals surface area (Å²) in [5.41, 5.74) is 4.54. The predicted molar refractivity (Wildman–Crippen MR) is 107 cm³/mol. The van der Waals surface area contributed by atoms with E-state index in [4.69, 9.17) is 23.2 Å². The molecule has 0 unspecified atom stereocenters. The molecular formula is C20H23Cl2FN2O. The number of halogens is 3. The normalized spacial score (nSPS) is 13.4. The number of hydrogen-bond acceptors (Lipinski definition) is 2. The summed E-state index contributed by atoms with van der Waals surface area (Å²) in [4.78, 5) is 12.6. The summed E-state index contributed by atoms with van der Waals surface area (Å²) >= 11 is 11.9. The molecule has 2 aromatic carbocycles. The number of nitrogens with one attached hydrogen (secondary N) is 2. The Morgan fingerprint density at radius 1 is 1.00 bits per heavy atom. The first-order valence-electron chi connectivity index (χ1n) is 8.39. The largest absolute Gasteiger partial charge is 0.324 e. The van der Waals surface area contributed by atoms with Crippen LogP contribution in [0, 0.1) is 26.6 Å². The topological polar surface area (TPSA) is 41.1 Å². The van der Waals surface area contributed by atoms with Crippen molar-refractivity contribution in [1.82, 2.24) is 5.32 Å². The molecule has 3 nitrogen and oxygen atoms in total. The molecule has 2 rings (SSSR count). The second-order valence-corrected chi connectivity index (χ2v) is 7.48. The summed E-state index contributed by atoms with van der Waals surface area (Å²) in [5, 5.41) is 6.45. The summed E-state index contributed by atoms with van der Waals surface area (Å²) in [7, 11) is 0. The van der Waals surface area contributed by atoms with Crippen LogP contribution in [0.15, 0.2) is 24.3 Å². The van der Waals surface area contributed by atoms with Gasteiger partial charge in [-0.05, 0) is 63.4 Å². The third-order valence-electron chi connectivity index (χ3n) is 4.32. The second kappa shape index (κ2) is 8.38. The van der Waals surface area contributed by atoms with E-state index >= 15 is 0 Å². The maximum absolute atomic E-state index is 13.7. The highest BCUT2D eigenvalue weighted by atomic mass is 35.5. The van der Waals surface area contributed by atoms with E-state index in [0.717, 1.165) is 22.4 Å². The van der Waals surface area contributed by atoms with Crippen molar-refractivity contribution in [3.8, 4) is 0 Å². The smallest absolute Gasteiger partial charge is 0.241 e. The van der Waals surface area contributed by atoms with Gasteiger partial charge < -0.3 is 5.32 Å². The van der Waals surface area contributed by atoms with Crippen LogP contribution in [0.3, 0.4) is 0 Å². The van der Waals surface area contributed by atoms with Crippen molar-refractivity contribution in [2.45, 2.75) is 46.7 Å². The molecule has 0 saturated carbocycles. The van der Waals surface area contributed by atoms with Crippen LogP contribution in [-0.4, -0.2) is 11.9 Å². The fourth-order valence-corrected chi connectivity index (χ4v) is 3.57. The van der Waals surface area contributed by atoms with Gasteiger partial charge in [0.15, 0.2) is 0 Å². The van der Waals surface area contributed by atoms with Crippen molar-refractivity contribution in [2.24, 2.45) is 0 Å². The van der Waals surface area contributed by atoms with Gasteiger partial charge in [0.1, 0.15) is 5.82 Å². The quantitative estimate of drug-likeness (QED) is 0.632. The van der Waals surface area contributed by atoms with E-state index in [1.807, 2.05) is 39.8 Å². The maximum Gasteiger partial charge on any atom is 0.241 e. The highest BCUT2D eigenvalue weighted by molar-refractivity contribution is 6.35. The molecule has 0 aliphatic heterocycles. The average Bonchev–Trinajstić information content (AvgIpc) is 2.53. The van der Waals surface area contributed by atoms with Crippen LogP contribution < -0.4 is 10.6 Å². The van der Waals surface area contributed by atoms with Crippen molar-refractivity contribution in [3.05, 3.63) is 62.4 Å². The lowest BCUT2D eigenvalue weighted by molar-refractivity contribution is -0.117. The number of carbonyl (C=O) groups excluding carboxylic acids is 1. The lowest BCUT2D eigenvalue weighted by Crippen LogP contribution is -2.39. The van der Waals surface area contributed by atoms with Crippen LogP contribution in [0.4, 0.5) is 10.1 Å². The van der Waals surface area contributed by atoms with Crippen LogP contribution in [0.1, 0.15) is 42.1 Å². The van der Waals surface area contributed by atoms with Gasteiger partial charge in [0.25, 0.3) is 0 Å². The number of anilines is 1. The highest BCUT2D eigenvalue weighted by Gasteiger charge is 2.20. The zero-order valence-electron chi connectivity index (χ0n) is 15.5. The molecule has 0 radical (unpaired) electrons. The molecule has 0 aliphatic carbocycles. The van der Waals surface area contributed by atoms with Crippen molar-refractivity contribution in [1.29, 1.82) is 0 Å². The molecule has 0 aromatic heterocycles. The zero-order valence-corrected chi connectivity index (χ0v) is 17.0. The number of rotatable bonds is 5. The van der Waals surface area contributed by atoms with E-state index < -0.39 is 11.9 Å². The maximum atomic E-state index is 13.7. The van der Waals surface area contributed by atoms with Crippen molar-refractivity contribution < 1.29 is 9.18 Å². The van der Waals surface area contributed by atoms with E-state index in [1.165, 1.54) is 12.1 Å². The van der Waals surface area contributed by atoms with Crippen LogP contribution in [0.25, 0.3) is 0 Å². The van der Waals surface area contributed by atoms with Crippen LogP contribution in [-0.2, 0) is 4.79 Å². The van der Waals surface area contributed by atoms with Gasteiger partial charge in [0.05, 0.1) is 11.1 Å². The molecule has 0 heterocycles. The fraction of sp³-hybridized carbons (Fsp3) is 0.350. The van der Waals surface area contributed by atoms with Crippen LogP contribution in [0.5, 0.6) is 0 Å². The van der Waals surface area contributed by atoms with Gasteiger partial charge in [-0.2, -0.15) is 0 Å². The third kappa shape index (κ3) is 4.76. The molecule has 1 amide bonds. The third-order valence-corrected chi connectivity index (χ3v) is 4.94. The molecule has 140 valence electrons. The lowest BCUT2D eigenvalue weighted by Gasteiger charge is -2.22. The Morgan fingerprint density at radius 3 is 2.15 bits per heavy atom. The fourth-order valence-electron chi connectivity index (χ4n) is 3.02. The molecule has 0 saturated heterocycles. The number of carbonyl (C=O) groups is 1. The van der Waals surface area contributed by atoms with Gasteiger partial charge in [-0.3, -0.25) is 10.1 Å². The van der Waals surface area contributed by atoms with Gasteiger partial charge in [-0.25, -0.2) is 4.39 Å². The molecule has 0 fully saturated rings. The Hall–Kier alpha value is -1.62. The summed E-state index contributed by atoms with van der Waals surface area (Å²) in [5.74, 6) is -0.708. The Morgan fingerprint density at radius 2 is 1.58 bits per heavy atom. The van der Waals surface area contributed by atoms with Crippen molar-refractivity contribution in [2.75, 3.05) is 5.32 Å². The predicted octanol–water partition coefficient (Wildman–Crippen LogP) is 5.74. The lowest BCUT2D eigenvalue weighted by atomic mass is 10.0.